The van der Waals surface area contributed by atoms with Gasteiger partial charge >= 0.3 is 0 Å². The highest BCUT2D eigenvalue weighted by molar-refractivity contribution is 5.09. The molecule has 6 heteroatoms. The zero-order valence-corrected chi connectivity index (χ0v) is 9.51. The van der Waals surface area contributed by atoms with E-state index in [9.17, 15) is 0 Å². The lowest BCUT2D eigenvalue weighted by atomic mass is 10.1. The molecule has 0 aliphatic rings. The average molecular weight is 220 g/mol. The van der Waals surface area contributed by atoms with Crippen LogP contribution in [0, 0.1) is 0 Å². The predicted molar refractivity (Wildman–Crippen MR) is 59.7 cm³/mol. The van der Waals surface area contributed by atoms with Crippen molar-refractivity contribution in [2.45, 2.75) is 19.4 Å². The Labute approximate surface area is 94.1 Å². The number of H-pyrrole nitrogens is 1. The largest absolute Gasteiger partial charge is 0.307 e. The molecule has 1 atom stereocenters. The summed E-state index contributed by atoms with van der Waals surface area (Å²) in [5.74, 6) is 0.866. The number of aromatic amines is 1. The fourth-order valence-electron chi connectivity index (χ4n) is 1.71. The lowest BCUT2D eigenvalue weighted by Gasteiger charge is -2.13. The molecule has 6 nitrogen and oxygen atoms in total. The first kappa shape index (κ1) is 10.8. The van der Waals surface area contributed by atoms with Crippen LogP contribution in [-0.2, 0) is 13.5 Å². The third kappa shape index (κ3) is 2.46. The fourth-order valence-corrected chi connectivity index (χ4v) is 1.71. The van der Waals surface area contributed by atoms with Crippen molar-refractivity contribution in [3.63, 3.8) is 0 Å². The summed E-state index contributed by atoms with van der Waals surface area (Å²) in [4.78, 5) is 4.18. The molecule has 0 spiro atoms. The standard InChI is InChI=1S/C10H16N6/c1-3-11-9(10-12-7-13-15-10)4-8-5-14-16(2)6-8/h5-7,9,11H,3-4H2,1-2H3,(H,12,13,15). The molecule has 0 aliphatic heterocycles. The molecule has 2 rings (SSSR count). The highest BCUT2D eigenvalue weighted by atomic mass is 15.2. The van der Waals surface area contributed by atoms with Crippen LogP contribution in [0.1, 0.15) is 24.4 Å². The molecule has 0 bridgehead atoms. The number of hydrogen-bond acceptors (Lipinski definition) is 4. The molecule has 0 saturated carbocycles. The molecule has 0 saturated heterocycles. The normalized spacial score (nSPS) is 12.9. The molecule has 1 unspecified atom stereocenters. The van der Waals surface area contributed by atoms with Gasteiger partial charge in [0.15, 0.2) is 0 Å². The first-order valence-electron chi connectivity index (χ1n) is 5.35. The van der Waals surface area contributed by atoms with E-state index in [4.69, 9.17) is 0 Å². The Bertz CT molecular complexity index is 418. The van der Waals surface area contributed by atoms with Gasteiger partial charge in [-0.3, -0.25) is 9.78 Å². The van der Waals surface area contributed by atoms with E-state index in [0.29, 0.717) is 0 Å². The van der Waals surface area contributed by atoms with Crippen molar-refractivity contribution in [3.8, 4) is 0 Å². The summed E-state index contributed by atoms with van der Waals surface area (Å²) >= 11 is 0. The van der Waals surface area contributed by atoms with E-state index in [-0.39, 0.29) is 6.04 Å². The minimum atomic E-state index is 0.164. The predicted octanol–water partition coefficient (Wildman–Crippen LogP) is 0.431. The minimum Gasteiger partial charge on any atom is -0.307 e. The lowest BCUT2D eigenvalue weighted by Crippen LogP contribution is -2.24. The summed E-state index contributed by atoms with van der Waals surface area (Å²) < 4.78 is 1.80. The van der Waals surface area contributed by atoms with E-state index in [1.165, 1.54) is 11.9 Å². The zero-order chi connectivity index (χ0) is 11.4. The highest BCUT2D eigenvalue weighted by Gasteiger charge is 2.14. The molecule has 86 valence electrons. The van der Waals surface area contributed by atoms with Crippen LogP contribution in [0.3, 0.4) is 0 Å². The number of nitrogens with zero attached hydrogens (tertiary/aromatic N) is 4. The maximum atomic E-state index is 4.18. The Hall–Kier alpha value is -1.69. The second-order valence-corrected chi connectivity index (χ2v) is 3.71. The van der Waals surface area contributed by atoms with Crippen LogP contribution in [0.25, 0.3) is 0 Å². The van der Waals surface area contributed by atoms with Gasteiger partial charge in [-0.1, -0.05) is 6.92 Å². The maximum absolute atomic E-state index is 4.18. The van der Waals surface area contributed by atoms with Crippen LogP contribution in [0.2, 0.25) is 0 Å². The Morgan fingerprint density at radius 3 is 3.00 bits per heavy atom. The van der Waals surface area contributed by atoms with Gasteiger partial charge in [0.2, 0.25) is 0 Å². The van der Waals surface area contributed by atoms with Crippen molar-refractivity contribution in [2.24, 2.45) is 7.05 Å². The molecular weight excluding hydrogens is 204 g/mol. The fraction of sp³-hybridized carbons (Fsp3) is 0.500. The SMILES string of the molecule is CCNC(Cc1cnn(C)c1)c1ncn[nH]1. The average Bonchev–Trinajstić information content (AvgIpc) is 2.88. The quantitative estimate of drug-likeness (QED) is 0.766. The molecule has 2 heterocycles. The van der Waals surface area contributed by atoms with Gasteiger partial charge in [-0.25, -0.2) is 4.98 Å². The summed E-state index contributed by atoms with van der Waals surface area (Å²) in [6.45, 7) is 2.97. The Kier molecular flexibility index (Phi) is 3.31. The van der Waals surface area contributed by atoms with Crippen molar-refractivity contribution in [3.05, 3.63) is 30.1 Å². The van der Waals surface area contributed by atoms with Crippen LogP contribution >= 0.6 is 0 Å². The summed E-state index contributed by atoms with van der Waals surface area (Å²) in [5.41, 5.74) is 1.19. The van der Waals surface area contributed by atoms with E-state index < -0.39 is 0 Å². The van der Waals surface area contributed by atoms with Gasteiger partial charge in [-0.2, -0.15) is 10.2 Å². The summed E-state index contributed by atoms with van der Waals surface area (Å²) in [6.07, 6.45) is 6.28. The van der Waals surface area contributed by atoms with Crippen LogP contribution in [0.5, 0.6) is 0 Å². The number of rotatable bonds is 5. The molecule has 0 aliphatic carbocycles. The Balaban J connectivity index is 2.09. The topological polar surface area (TPSA) is 71.4 Å². The second-order valence-electron chi connectivity index (χ2n) is 3.71. The van der Waals surface area contributed by atoms with Gasteiger partial charge in [0.25, 0.3) is 0 Å². The first-order chi connectivity index (χ1) is 7.79. The van der Waals surface area contributed by atoms with Crippen molar-refractivity contribution in [1.82, 2.24) is 30.3 Å². The van der Waals surface area contributed by atoms with Gasteiger partial charge < -0.3 is 5.32 Å². The molecule has 0 fully saturated rings. The smallest absolute Gasteiger partial charge is 0.141 e. The summed E-state index contributed by atoms with van der Waals surface area (Å²) in [5, 5.41) is 14.3. The van der Waals surface area contributed by atoms with Gasteiger partial charge in [-0.05, 0) is 18.5 Å². The number of aromatic nitrogens is 5. The molecule has 2 aromatic rings. The van der Waals surface area contributed by atoms with Crippen LogP contribution < -0.4 is 5.32 Å². The van der Waals surface area contributed by atoms with Crippen molar-refractivity contribution >= 4 is 0 Å². The molecule has 2 aromatic heterocycles. The molecule has 0 radical (unpaired) electrons. The molecular formula is C10H16N6. The number of likely N-dealkylation sites (N-methyl/N-ethyl adjacent to an activating group) is 1. The third-order valence-corrected chi connectivity index (χ3v) is 2.41. The Morgan fingerprint density at radius 1 is 1.56 bits per heavy atom. The zero-order valence-electron chi connectivity index (χ0n) is 9.51. The van der Waals surface area contributed by atoms with Crippen LogP contribution in [-0.4, -0.2) is 31.5 Å². The van der Waals surface area contributed by atoms with E-state index in [0.717, 1.165) is 18.8 Å². The van der Waals surface area contributed by atoms with Crippen LogP contribution in [0.15, 0.2) is 18.7 Å². The van der Waals surface area contributed by atoms with Crippen molar-refractivity contribution < 1.29 is 0 Å². The first-order valence-corrected chi connectivity index (χ1v) is 5.35. The number of nitrogens with one attached hydrogen (secondary N) is 2. The maximum Gasteiger partial charge on any atom is 0.141 e. The van der Waals surface area contributed by atoms with Crippen molar-refractivity contribution in [1.29, 1.82) is 0 Å². The van der Waals surface area contributed by atoms with E-state index >= 15 is 0 Å². The summed E-state index contributed by atoms with van der Waals surface area (Å²) in [6, 6.07) is 0.164. The molecule has 16 heavy (non-hydrogen) atoms. The molecule has 0 amide bonds. The van der Waals surface area contributed by atoms with Gasteiger partial charge in [0, 0.05) is 13.2 Å². The second kappa shape index (κ2) is 4.89. The van der Waals surface area contributed by atoms with Gasteiger partial charge in [0.05, 0.1) is 12.2 Å². The minimum absolute atomic E-state index is 0.164. The number of hydrogen-bond donors (Lipinski definition) is 2. The van der Waals surface area contributed by atoms with E-state index in [2.05, 4.69) is 32.5 Å². The summed E-state index contributed by atoms with van der Waals surface area (Å²) in [7, 11) is 1.92. The molecule has 2 N–H and O–H groups in total. The third-order valence-electron chi connectivity index (χ3n) is 2.41. The highest BCUT2D eigenvalue weighted by Crippen LogP contribution is 2.13. The van der Waals surface area contributed by atoms with Crippen molar-refractivity contribution in [2.75, 3.05) is 6.54 Å². The van der Waals surface area contributed by atoms with E-state index in [1.807, 2.05) is 19.4 Å². The monoisotopic (exact) mass is 220 g/mol. The van der Waals surface area contributed by atoms with Gasteiger partial charge in [-0.15, -0.1) is 0 Å². The number of aryl methyl sites for hydroxylation is 1. The van der Waals surface area contributed by atoms with E-state index in [1.54, 1.807) is 4.68 Å². The van der Waals surface area contributed by atoms with Crippen LogP contribution in [0.4, 0.5) is 0 Å². The Morgan fingerprint density at radius 2 is 2.44 bits per heavy atom. The molecule has 0 aromatic carbocycles. The lowest BCUT2D eigenvalue weighted by molar-refractivity contribution is 0.523. The van der Waals surface area contributed by atoms with Gasteiger partial charge in [0.1, 0.15) is 12.2 Å².